The minimum absolute atomic E-state index is 0.00697. The molecule has 0 bridgehead atoms. The number of halogens is 1. The third-order valence-electron chi connectivity index (χ3n) is 4.62. The number of amides is 1. The molecule has 1 heterocycles. The molecule has 0 unspecified atom stereocenters. The molecule has 7 nitrogen and oxygen atoms in total. The van der Waals surface area contributed by atoms with Gasteiger partial charge in [-0.1, -0.05) is 49.2 Å². The maximum Gasteiger partial charge on any atom is 0.285 e. The average Bonchev–Trinajstić information content (AvgIpc) is 3.11. The number of hydrogen-bond donors (Lipinski definition) is 1. The monoisotopic (exact) mass is 461 g/mol. The molecule has 0 radical (unpaired) electrons. The van der Waals surface area contributed by atoms with Crippen LogP contribution in [0.5, 0.6) is 5.75 Å². The third-order valence-corrected chi connectivity index (χ3v) is 6.32. The van der Waals surface area contributed by atoms with Crippen LogP contribution in [-0.2, 0) is 16.6 Å². The number of aryl methyl sites for hydroxylation is 1. The molecular formula is C22H24ClN3O4S. The second-order valence-corrected chi connectivity index (χ2v) is 9.09. The van der Waals surface area contributed by atoms with E-state index in [9.17, 15) is 13.2 Å². The molecule has 0 aliphatic carbocycles. The van der Waals surface area contributed by atoms with Gasteiger partial charge in [-0.15, -0.1) is 0 Å². The van der Waals surface area contributed by atoms with Gasteiger partial charge in [-0.3, -0.25) is 4.79 Å². The first-order valence-electron chi connectivity index (χ1n) is 9.87. The van der Waals surface area contributed by atoms with Crippen molar-refractivity contribution in [2.24, 2.45) is 0 Å². The number of carbonyl (C=O) groups excluding carboxylic acids is 1. The van der Waals surface area contributed by atoms with Gasteiger partial charge in [0.1, 0.15) is 17.3 Å². The summed E-state index contributed by atoms with van der Waals surface area (Å²) in [6.07, 6.45) is 3.53. The zero-order valence-corrected chi connectivity index (χ0v) is 18.9. The highest BCUT2D eigenvalue weighted by Gasteiger charge is 2.21. The van der Waals surface area contributed by atoms with Gasteiger partial charge in [-0.2, -0.15) is 0 Å². The summed E-state index contributed by atoms with van der Waals surface area (Å²) in [7, 11) is -3.98. The lowest BCUT2D eigenvalue weighted by molar-refractivity contribution is 0.0977. The van der Waals surface area contributed by atoms with Gasteiger partial charge in [-0.05, 0) is 43.2 Å². The summed E-state index contributed by atoms with van der Waals surface area (Å²) in [6, 6.07) is 13.2. The Kier molecular flexibility index (Phi) is 7.35. The molecule has 31 heavy (non-hydrogen) atoms. The molecule has 1 aromatic heterocycles. The number of unbranched alkanes of at least 4 members (excludes halogenated alkanes) is 1. The van der Waals surface area contributed by atoms with Crippen molar-refractivity contribution in [2.75, 3.05) is 6.61 Å². The highest BCUT2D eigenvalue weighted by Crippen LogP contribution is 2.24. The third kappa shape index (κ3) is 5.86. The number of nitrogens with one attached hydrogen (secondary N) is 1. The molecule has 0 saturated carbocycles. The maximum absolute atomic E-state index is 12.5. The number of carbonyl (C=O) groups is 1. The molecule has 0 saturated heterocycles. The normalized spacial score (nSPS) is 11.3. The molecule has 0 spiro atoms. The lowest BCUT2D eigenvalue weighted by Gasteiger charge is -2.10. The van der Waals surface area contributed by atoms with Crippen molar-refractivity contribution in [1.29, 1.82) is 0 Å². The SMILES string of the molecule is CCCCOc1ccc(Cn2cc(C(=O)NS(=O)(=O)c3ccccc3)nc2C)c(Cl)c1. The van der Waals surface area contributed by atoms with Crippen molar-refractivity contribution in [2.45, 2.75) is 38.1 Å². The second kappa shape index (κ2) is 9.98. The van der Waals surface area contributed by atoms with Crippen LogP contribution in [0.3, 0.4) is 0 Å². The fraction of sp³-hybridized carbons (Fsp3) is 0.273. The van der Waals surface area contributed by atoms with Crippen molar-refractivity contribution < 1.29 is 17.9 Å². The predicted molar refractivity (Wildman–Crippen MR) is 119 cm³/mol. The number of rotatable bonds is 9. The van der Waals surface area contributed by atoms with Gasteiger partial charge < -0.3 is 9.30 Å². The van der Waals surface area contributed by atoms with Crippen LogP contribution in [0.25, 0.3) is 0 Å². The number of nitrogens with zero attached hydrogens (tertiary/aromatic N) is 2. The first kappa shape index (κ1) is 22.8. The van der Waals surface area contributed by atoms with Crippen molar-refractivity contribution in [3.63, 3.8) is 0 Å². The number of sulfonamides is 1. The summed E-state index contributed by atoms with van der Waals surface area (Å²) in [5.41, 5.74) is 0.835. The van der Waals surface area contributed by atoms with E-state index in [0.29, 0.717) is 29.7 Å². The molecule has 9 heteroatoms. The minimum Gasteiger partial charge on any atom is -0.494 e. The molecule has 0 atom stereocenters. The van der Waals surface area contributed by atoms with Gasteiger partial charge in [0.15, 0.2) is 0 Å². The van der Waals surface area contributed by atoms with E-state index in [1.165, 1.54) is 18.3 Å². The van der Waals surface area contributed by atoms with Gasteiger partial charge in [0.25, 0.3) is 15.9 Å². The Hall–Kier alpha value is -2.84. The van der Waals surface area contributed by atoms with Crippen molar-refractivity contribution in [3.05, 3.63) is 76.8 Å². The van der Waals surface area contributed by atoms with Crippen molar-refractivity contribution in [3.8, 4) is 5.75 Å². The topological polar surface area (TPSA) is 90.3 Å². The molecule has 0 aliphatic heterocycles. The van der Waals surface area contributed by atoms with Crippen LogP contribution in [0.1, 0.15) is 41.6 Å². The van der Waals surface area contributed by atoms with Crippen LogP contribution >= 0.6 is 11.6 Å². The van der Waals surface area contributed by atoms with Crippen LogP contribution in [0.4, 0.5) is 0 Å². The van der Waals surface area contributed by atoms with E-state index in [4.69, 9.17) is 16.3 Å². The molecule has 0 aliphatic rings. The van der Waals surface area contributed by atoms with Gasteiger partial charge in [0, 0.05) is 11.2 Å². The largest absolute Gasteiger partial charge is 0.494 e. The zero-order valence-electron chi connectivity index (χ0n) is 17.3. The standard InChI is InChI=1S/C22H24ClN3O4S/c1-3-4-12-30-18-11-10-17(20(23)13-18)14-26-15-21(24-16(26)2)22(27)25-31(28,29)19-8-6-5-7-9-19/h5-11,13,15H,3-4,12,14H2,1-2H3,(H,25,27). The van der Waals surface area contributed by atoms with Gasteiger partial charge >= 0.3 is 0 Å². The molecule has 1 amide bonds. The van der Waals surface area contributed by atoms with E-state index in [0.717, 1.165) is 18.4 Å². The fourth-order valence-corrected chi connectivity index (χ4v) is 4.09. The quantitative estimate of drug-likeness (QED) is 0.482. The average molecular weight is 462 g/mol. The summed E-state index contributed by atoms with van der Waals surface area (Å²) in [5.74, 6) is 0.466. The number of aromatic nitrogens is 2. The lowest BCUT2D eigenvalue weighted by Crippen LogP contribution is -2.30. The first-order chi connectivity index (χ1) is 14.8. The van der Waals surface area contributed by atoms with Crippen LogP contribution in [-0.4, -0.2) is 30.5 Å². The number of benzene rings is 2. The summed E-state index contributed by atoms with van der Waals surface area (Å²) < 4.78 is 34.2. The number of hydrogen-bond acceptors (Lipinski definition) is 5. The highest BCUT2D eigenvalue weighted by atomic mass is 35.5. The molecular weight excluding hydrogens is 438 g/mol. The molecule has 2 aromatic carbocycles. The van der Waals surface area contributed by atoms with E-state index in [-0.39, 0.29) is 10.6 Å². The Morgan fingerprint density at radius 2 is 1.94 bits per heavy atom. The second-order valence-electron chi connectivity index (χ2n) is 7.00. The van der Waals surface area contributed by atoms with E-state index in [1.807, 2.05) is 12.1 Å². The van der Waals surface area contributed by atoms with Gasteiger partial charge in [0.2, 0.25) is 0 Å². The molecule has 1 N–H and O–H groups in total. The Balaban J connectivity index is 1.72. The fourth-order valence-electron chi connectivity index (χ4n) is 2.87. The number of imidazole rings is 1. The van der Waals surface area contributed by atoms with Crippen LogP contribution < -0.4 is 9.46 Å². The smallest absolute Gasteiger partial charge is 0.285 e. The van der Waals surface area contributed by atoms with Crippen LogP contribution in [0, 0.1) is 6.92 Å². The van der Waals surface area contributed by atoms with E-state index in [2.05, 4.69) is 16.6 Å². The van der Waals surface area contributed by atoms with Gasteiger partial charge in [0.05, 0.1) is 18.0 Å². The summed E-state index contributed by atoms with van der Waals surface area (Å²) in [4.78, 5) is 16.7. The Morgan fingerprint density at radius 3 is 2.61 bits per heavy atom. The Bertz CT molecular complexity index is 1160. The first-order valence-corrected chi connectivity index (χ1v) is 11.7. The molecule has 0 fully saturated rings. The lowest BCUT2D eigenvalue weighted by atomic mass is 10.2. The number of ether oxygens (including phenoxy) is 1. The molecule has 3 aromatic rings. The van der Waals surface area contributed by atoms with Crippen LogP contribution in [0.15, 0.2) is 59.6 Å². The summed E-state index contributed by atoms with van der Waals surface area (Å²) in [6.45, 7) is 4.85. The zero-order chi connectivity index (χ0) is 22.4. The van der Waals surface area contributed by atoms with Crippen molar-refractivity contribution >= 4 is 27.5 Å². The van der Waals surface area contributed by atoms with E-state index >= 15 is 0 Å². The molecule has 3 rings (SSSR count). The Labute approximate surface area is 187 Å². The Morgan fingerprint density at radius 1 is 1.19 bits per heavy atom. The van der Waals surface area contributed by atoms with E-state index < -0.39 is 15.9 Å². The highest BCUT2D eigenvalue weighted by molar-refractivity contribution is 7.90. The summed E-state index contributed by atoms with van der Waals surface area (Å²) in [5, 5.41) is 0.541. The predicted octanol–water partition coefficient (Wildman–Crippen LogP) is 4.19. The van der Waals surface area contributed by atoms with Crippen LogP contribution in [0.2, 0.25) is 5.02 Å². The summed E-state index contributed by atoms with van der Waals surface area (Å²) >= 11 is 6.40. The van der Waals surface area contributed by atoms with Gasteiger partial charge in [-0.25, -0.2) is 18.1 Å². The minimum atomic E-state index is -3.98. The maximum atomic E-state index is 12.5. The van der Waals surface area contributed by atoms with E-state index in [1.54, 1.807) is 35.8 Å². The molecule has 164 valence electrons. The van der Waals surface area contributed by atoms with Crippen molar-refractivity contribution in [1.82, 2.24) is 14.3 Å².